The molecule has 21 heavy (non-hydrogen) atoms. The molecule has 0 saturated heterocycles. The van der Waals surface area contributed by atoms with Crippen LogP contribution in [0.4, 0.5) is 4.79 Å². The molecule has 1 aliphatic rings. The van der Waals surface area contributed by atoms with Gasteiger partial charge in [-0.2, -0.15) is 0 Å². The molecule has 0 bridgehead atoms. The molecule has 1 heterocycles. The Morgan fingerprint density at radius 1 is 1.43 bits per heavy atom. The Kier molecular flexibility index (Phi) is 4.21. The lowest BCUT2D eigenvalue weighted by Gasteiger charge is -2.30. The predicted molar refractivity (Wildman–Crippen MR) is 78.7 cm³/mol. The molecular weight excluding hydrogens is 270 g/mol. The van der Waals surface area contributed by atoms with E-state index in [1.165, 1.54) is 0 Å². The average Bonchev–Trinajstić information content (AvgIpc) is 2.56. The number of fused-ring (bicyclic) bond motifs is 1. The van der Waals surface area contributed by atoms with Crippen molar-refractivity contribution in [3.8, 4) is 5.75 Å². The van der Waals surface area contributed by atoms with Crippen LogP contribution in [0, 0.1) is 0 Å². The molecule has 114 valence electrons. The molecule has 1 atom stereocenters. The highest BCUT2D eigenvalue weighted by Crippen LogP contribution is 2.33. The van der Waals surface area contributed by atoms with Crippen molar-refractivity contribution in [3.63, 3.8) is 0 Å². The average molecular weight is 291 g/mol. The minimum atomic E-state index is -0.544. The van der Waals surface area contributed by atoms with Crippen molar-refractivity contribution < 1.29 is 19.1 Å². The fourth-order valence-corrected chi connectivity index (χ4v) is 2.28. The van der Waals surface area contributed by atoms with Crippen LogP contribution in [0.15, 0.2) is 18.2 Å². The molecule has 5 nitrogen and oxygen atoms in total. The summed E-state index contributed by atoms with van der Waals surface area (Å²) in [7, 11) is 0. The van der Waals surface area contributed by atoms with E-state index in [0.717, 1.165) is 11.8 Å². The van der Waals surface area contributed by atoms with Gasteiger partial charge in [0.25, 0.3) is 0 Å². The molecule has 0 aromatic heterocycles. The lowest BCUT2D eigenvalue weighted by Crippen LogP contribution is -2.39. The van der Waals surface area contributed by atoms with Gasteiger partial charge in [0, 0.05) is 11.1 Å². The van der Waals surface area contributed by atoms with Crippen LogP contribution < -0.4 is 4.74 Å². The number of rotatable bonds is 1. The highest BCUT2D eigenvalue weighted by molar-refractivity contribution is 5.76. The van der Waals surface area contributed by atoms with E-state index in [9.17, 15) is 9.59 Å². The second-order valence-corrected chi connectivity index (χ2v) is 6.11. The van der Waals surface area contributed by atoms with Crippen molar-refractivity contribution in [2.45, 2.75) is 39.3 Å². The van der Waals surface area contributed by atoms with Gasteiger partial charge >= 0.3 is 6.09 Å². The van der Waals surface area contributed by atoms with Crippen LogP contribution in [0.3, 0.4) is 0 Å². The first kappa shape index (κ1) is 15.4. The zero-order valence-electron chi connectivity index (χ0n) is 12.9. The molecule has 1 aromatic rings. The second-order valence-electron chi connectivity index (χ2n) is 6.11. The third kappa shape index (κ3) is 3.54. The molecule has 0 spiro atoms. The summed E-state index contributed by atoms with van der Waals surface area (Å²) in [5.74, 6) is 0.708. The van der Waals surface area contributed by atoms with Crippen molar-refractivity contribution in [1.82, 2.24) is 4.90 Å². The number of hydrogen-bond donors (Lipinski definition) is 0. The van der Waals surface area contributed by atoms with Crippen LogP contribution in [-0.4, -0.2) is 36.0 Å². The van der Waals surface area contributed by atoms with Crippen LogP contribution >= 0.6 is 0 Å². The zero-order chi connectivity index (χ0) is 15.6. The Balaban J connectivity index is 2.30. The van der Waals surface area contributed by atoms with Gasteiger partial charge in [-0.3, -0.25) is 9.69 Å². The first-order chi connectivity index (χ1) is 9.81. The molecule has 5 heteroatoms. The first-order valence-electron chi connectivity index (χ1n) is 7.03. The van der Waals surface area contributed by atoms with E-state index in [0.29, 0.717) is 24.5 Å². The Hall–Kier alpha value is -2.04. The van der Waals surface area contributed by atoms with Crippen LogP contribution in [0.25, 0.3) is 0 Å². The monoisotopic (exact) mass is 291 g/mol. The van der Waals surface area contributed by atoms with Crippen LogP contribution in [0.1, 0.15) is 49.7 Å². The predicted octanol–water partition coefficient (Wildman–Crippen LogP) is 3.19. The summed E-state index contributed by atoms with van der Waals surface area (Å²) < 4.78 is 11.1. The molecule has 0 fully saturated rings. The van der Waals surface area contributed by atoms with Crippen LogP contribution in [0.5, 0.6) is 5.75 Å². The molecule has 1 unspecified atom stereocenters. The van der Waals surface area contributed by atoms with Gasteiger partial charge in [0.1, 0.15) is 24.2 Å². The maximum atomic E-state index is 12.3. The highest BCUT2D eigenvalue weighted by Gasteiger charge is 2.30. The van der Waals surface area contributed by atoms with E-state index < -0.39 is 5.60 Å². The number of aldehydes is 1. The summed E-state index contributed by atoms with van der Waals surface area (Å²) in [6, 6.07) is 5.03. The fourth-order valence-electron chi connectivity index (χ4n) is 2.28. The van der Waals surface area contributed by atoms with Crippen LogP contribution in [-0.2, 0) is 4.74 Å². The molecule has 0 saturated carbocycles. The minimum absolute atomic E-state index is 0.211. The number of nitrogens with zero attached hydrogens (tertiary/aromatic N) is 1. The summed E-state index contributed by atoms with van der Waals surface area (Å²) in [5.41, 5.74) is 0.843. The van der Waals surface area contributed by atoms with Gasteiger partial charge in [-0.15, -0.1) is 0 Å². The number of amides is 1. The Morgan fingerprint density at radius 3 is 2.76 bits per heavy atom. The molecular formula is C16H21NO4. The van der Waals surface area contributed by atoms with Gasteiger partial charge in [-0.1, -0.05) is 0 Å². The number of ether oxygens (including phenoxy) is 2. The maximum Gasteiger partial charge on any atom is 0.410 e. The third-order valence-electron chi connectivity index (χ3n) is 3.31. The number of benzene rings is 1. The lowest BCUT2D eigenvalue weighted by atomic mass is 10.0. The molecule has 2 rings (SSSR count). The van der Waals surface area contributed by atoms with Gasteiger partial charge in [0.2, 0.25) is 0 Å². The van der Waals surface area contributed by atoms with E-state index in [-0.39, 0.29) is 12.1 Å². The van der Waals surface area contributed by atoms with Crippen LogP contribution in [0.2, 0.25) is 0 Å². The Bertz CT molecular complexity index is 548. The normalized spacial score (nSPS) is 18.3. The smallest absolute Gasteiger partial charge is 0.410 e. The summed E-state index contributed by atoms with van der Waals surface area (Å²) in [6.45, 7) is 8.26. The Labute approximate surface area is 124 Å². The summed E-state index contributed by atoms with van der Waals surface area (Å²) >= 11 is 0. The van der Waals surface area contributed by atoms with Gasteiger partial charge in [-0.05, 0) is 45.9 Å². The molecule has 0 radical (unpaired) electrons. The second kappa shape index (κ2) is 5.76. The first-order valence-corrected chi connectivity index (χ1v) is 7.03. The SMILES string of the molecule is CC1c2cc(C=O)ccc2OCCN1C(=O)OC(C)(C)C. The highest BCUT2D eigenvalue weighted by atomic mass is 16.6. The fraction of sp³-hybridized carbons (Fsp3) is 0.500. The van der Waals surface area contributed by atoms with Gasteiger partial charge in [0.05, 0.1) is 12.6 Å². The van der Waals surface area contributed by atoms with E-state index in [1.54, 1.807) is 23.1 Å². The maximum absolute atomic E-state index is 12.3. The summed E-state index contributed by atoms with van der Waals surface area (Å²) in [6.07, 6.45) is 0.415. The van der Waals surface area contributed by atoms with Gasteiger partial charge in [-0.25, -0.2) is 4.79 Å². The largest absolute Gasteiger partial charge is 0.491 e. The summed E-state index contributed by atoms with van der Waals surface area (Å²) in [5, 5.41) is 0. The van der Waals surface area contributed by atoms with Gasteiger partial charge < -0.3 is 9.47 Å². The van der Waals surface area contributed by atoms with Crippen molar-refractivity contribution >= 4 is 12.4 Å². The topological polar surface area (TPSA) is 55.8 Å². The van der Waals surface area contributed by atoms with E-state index in [1.807, 2.05) is 27.7 Å². The zero-order valence-corrected chi connectivity index (χ0v) is 12.9. The molecule has 1 aliphatic heterocycles. The van der Waals surface area contributed by atoms with E-state index in [2.05, 4.69) is 0 Å². The van der Waals surface area contributed by atoms with Crippen molar-refractivity contribution in [2.75, 3.05) is 13.2 Å². The lowest BCUT2D eigenvalue weighted by molar-refractivity contribution is 0.0167. The molecule has 1 amide bonds. The minimum Gasteiger partial charge on any atom is -0.491 e. The van der Waals surface area contributed by atoms with E-state index >= 15 is 0 Å². The summed E-state index contributed by atoms with van der Waals surface area (Å²) in [4.78, 5) is 24.9. The van der Waals surface area contributed by atoms with Crippen molar-refractivity contribution in [3.05, 3.63) is 29.3 Å². The molecule has 0 aliphatic carbocycles. The number of carbonyl (C=O) groups is 2. The standard InChI is InChI=1S/C16H21NO4/c1-11-13-9-12(10-18)5-6-14(13)20-8-7-17(11)15(19)21-16(2,3)4/h5-6,9-11H,7-8H2,1-4H3. The molecule has 0 N–H and O–H groups in total. The van der Waals surface area contributed by atoms with E-state index in [4.69, 9.17) is 9.47 Å². The molecule has 1 aromatic carbocycles. The van der Waals surface area contributed by atoms with Gasteiger partial charge in [0.15, 0.2) is 0 Å². The third-order valence-corrected chi connectivity index (χ3v) is 3.31. The number of hydrogen-bond acceptors (Lipinski definition) is 4. The quantitative estimate of drug-likeness (QED) is 0.746. The number of carbonyl (C=O) groups excluding carboxylic acids is 2. The Morgan fingerprint density at radius 2 is 2.14 bits per heavy atom. The van der Waals surface area contributed by atoms with Crippen molar-refractivity contribution in [2.24, 2.45) is 0 Å². The van der Waals surface area contributed by atoms with Crippen molar-refractivity contribution in [1.29, 1.82) is 0 Å².